The first-order valence-electron chi connectivity index (χ1n) is 6.90. The summed E-state index contributed by atoms with van der Waals surface area (Å²) in [5.41, 5.74) is 0.0155. The predicted octanol–water partition coefficient (Wildman–Crippen LogP) is 4.62. The van der Waals surface area contributed by atoms with Crippen molar-refractivity contribution < 1.29 is 17.7 Å². The molecular formula is C15H13Cl2FN2O4S. The van der Waals surface area contributed by atoms with Gasteiger partial charge < -0.3 is 5.32 Å². The van der Waals surface area contributed by atoms with Crippen molar-refractivity contribution in [1.82, 2.24) is 0 Å². The molecule has 0 aliphatic rings. The highest BCUT2D eigenvalue weighted by Crippen LogP contribution is 2.34. The number of benzene rings is 2. The average Bonchev–Trinajstić information content (AvgIpc) is 2.49. The number of nitrogens with one attached hydrogen (secondary N) is 1. The van der Waals surface area contributed by atoms with E-state index in [1.54, 1.807) is 6.92 Å². The maximum Gasteiger partial charge on any atom is 0.293 e. The summed E-state index contributed by atoms with van der Waals surface area (Å²) in [4.78, 5) is 10.4. The fourth-order valence-electron chi connectivity index (χ4n) is 2.20. The van der Waals surface area contributed by atoms with E-state index in [-0.39, 0.29) is 20.6 Å². The van der Waals surface area contributed by atoms with Crippen LogP contribution >= 0.6 is 23.2 Å². The highest BCUT2D eigenvalue weighted by atomic mass is 35.5. The maximum atomic E-state index is 13.7. The summed E-state index contributed by atoms with van der Waals surface area (Å²) in [5.74, 6) is -0.670. The van der Waals surface area contributed by atoms with Gasteiger partial charge in [-0.2, -0.15) is 0 Å². The van der Waals surface area contributed by atoms with Crippen LogP contribution in [0.4, 0.5) is 15.8 Å². The van der Waals surface area contributed by atoms with Gasteiger partial charge in [0, 0.05) is 17.3 Å². The Morgan fingerprint density at radius 3 is 2.40 bits per heavy atom. The number of nitro groups is 1. The van der Waals surface area contributed by atoms with Crippen molar-refractivity contribution in [3.05, 3.63) is 61.9 Å². The molecule has 1 atom stereocenters. The van der Waals surface area contributed by atoms with Crippen molar-refractivity contribution in [1.29, 1.82) is 0 Å². The van der Waals surface area contributed by atoms with Crippen LogP contribution in [0, 0.1) is 15.9 Å². The second-order valence-electron chi connectivity index (χ2n) is 5.36. The Bertz CT molecular complexity index is 951. The van der Waals surface area contributed by atoms with Crippen LogP contribution in [-0.4, -0.2) is 19.6 Å². The Balaban J connectivity index is 2.43. The minimum atomic E-state index is -3.59. The summed E-state index contributed by atoms with van der Waals surface area (Å²) in [7, 11) is -3.59. The third kappa shape index (κ3) is 4.39. The highest BCUT2D eigenvalue weighted by molar-refractivity contribution is 7.90. The third-order valence-electron chi connectivity index (χ3n) is 3.47. The van der Waals surface area contributed by atoms with Gasteiger partial charge in [0.05, 0.1) is 20.9 Å². The second kappa shape index (κ2) is 7.15. The molecule has 6 nitrogen and oxygen atoms in total. The third-order valence-corrected chi connectivity index (χ3v) is 5.20. The smallest absolute Gasteiger partial charge is 0.293 e. The van der Waals surface area contributed by atoms with Crippen molar-refractivity contribution >= 4 is 44.4 Å². The van der Waals surface area contributed by atoms with Crippen molar-refractivity contribution in [3.8, 4) is 0 Å². The van der Waals surface area contributed by atoms with Crippen LogP contribution in [0.15, 0.2) is 35.2 Å². The minimum absolute atomic E-state index is 0.0799. The summed E-state index contributed by atoms with van der Waals surface area (Å²) >= 11 is 11.7. The molecule has 0 amide bonds. The van der Waals surface area contributed by atoms with Crippen LogP contribution in [0.2, 0.25) is 10.0 Å². The molecule has 0 saturated heterocycles. The molecule has 0 aromatic heterocycles. The minimum Gasteiger partial charge on any atom is -0.373 e. The lowest BCUT2D eigenvalue weighted by atomic mass is 10.1. The molecule has 10 heteroatoms. The van der Waals surface area contributed by atoms with Gasteiger partial charge in [-0.3, -0.25) is 10.1 Å². The van der Waals surface area contributed by atoms with E-state index in [1.807, 2.05) is 0 Å². The number of nitro benzene ring substituents is 1. The van der Waals surface area contributed by atoms with Gasteiger partial charge in [0.25, 0.3) is 5.69 Å². The molecule has 0 radical (unpaired) electrons. The van der Waals surface area contributed by atoms with Crippen molar-refractivity contribution in [2.75, 3.05) is 11.6 Å². The van der Waals surface area contributed by atoms with Crippen LogP contribution in [0.25, 0.3) is 0 Å². The molecule has 25 heavy (non-hydrogen) atoms. The lowest BCUT2D eigenvalue weighted by molar-refractivity contribution is -0.384. The largest absolute Gasteiger partial charge is 0.373 e. The molecule has 0 fully saturated rings. The number of anilines is 1. The van der Waals surface area contributed by atoms with E-state index in [4.69, 9.17) is 23.2 Å². The zero-order valence-corrected chi connectivity index (χ0v) is 15.4. The van der Waals surface area contributed by atoms with Crippen LogP contribution in [0.1, 0.15) is 18.5 Å². The van der Waals surface area contributed by atoms with Gasteiger partial charge in [-0.25, -0.2) is 12.8 Å². The van der Waals surface area contributed by atoms with E-state index in [2.05, 4.69) is 5.32 Å². The molecule has 1 N–H and O–H groups in total. The van der Waals surface area contributed by atoms with E-state index in [0.717, 1.165) is 18.4 Å². The molecule has 0 bridgehead atoms. The van der Waals surface area contributed by atoms with Crippen molar-refractivity contribution in [2.45, 2.75) is 17.9 Å². The molecule has 0 aliphatic heterocycles. The van der Waals surface area contributed by atoms with Gasteiger partial charge in [-0.1, -0.05) is 23.2 Å². The average molecular weight is 407 g/mol. The lowest BCUT2D eigenvalue weighted by Gasteiger charge is -2.18. The van der Waals surface area contributed by atoms with Gasteiger partial charge in [0.15, 0.2) is 9.84 Å². The fraction of sp³-hybridized carbons (Fsp3) is 0.200. The number of nitrogens with zero attached hydrogens (tertiary/aromatic N) is 1. The SMILES string of the molecule is C[C@H](Nc1ccc(S(C)(=O)=O)cc1[N+](=O)[O-])c1cc(F)c(Cl)cc1Cl. The van der Waals surface area contributed by atoms with Crippen LogP contribution in [-0.2, 0) is 9.84 Å². The van der Waals surface area contributed by atoms with E-state index < -0.39 is 32.3 Å². The van der Waals surface area contributed by atoms with Gasteiger partial charge in [-0.15, -0.1) is 0 Å². The van der Waals surface area contributed by atoms with Gasteiger partial charge >= 0.3 is 0 Å². The second-order valence-corrected chi connectivity index (χ2v) is 8.19. The van der Waals surface area contributed by atoms with Gasteiger partial charge in [-0.05, 0) is 36.8 Å². The first-order chi connectivity index (χ1) is 11.5. The van der Waals surface area contributed by atoms with E-state index in [0.29, 0.717) is 5.56 Å². The summed E-state index contributed by atoms with van der Waals surface area (Å²) in [5, 5.41) is 14.2. The normalized spacial score (nSPS) is 12.7. The quantitative estimate of drug-likeness (QED) is 0.444. The molecule has 2 aromatic carbocycles. The van der Waals surface area contributed by atoms with Gasteiger partial charge in [0.1, 0.15) is 11.5 Å². The molecule has 2 rings (SSSR count). The van der Waals surface area contributed by atoms with Crippen molar-refractivity contribution in [3.63, 3.8) is 0 Å². The van der Waals surface area contributed by atoms with Gasteiger partial charge in [0.2, 0.25) is 0 Å². The molecule has 134 valence electrons. The molecule has 0 aliphatic carbocycles. The summed E-state index contributed by atoms with van der Waals surface area (Å²) in [6.07, 6.45) is 0.956. The Morgan fingerprint density at radius 2 is 1.84 bits per heavy atom. The number of halogens is 3. The highest BCUT2D eigenvalue weighted by Gasteiger charge is 2.21. The summed E-state index contributed by atoms with van der Waals surface area (Å²) in [6, 6.07) is 5.29. The Hall–Kier alpha value is -1.90. The number of hydrogen-bond acceptors (Lipinski definition) is 5. The molecule has 0 spiro atoms. The zero-order valence-electron chi connectivity index (χ0n) is 13.1. The monoisotopic (exact) mass is 406 g/mol. The van der Waals surface area contributed by atoms with Crippen LogP contribution < -0.4 is 5.32 Å². The van der Waals surface area contributed by atoms with E-state index >= 15 is 0 Å². The van der Waals surface area contributed by atoms with E-state index in [9.17, 15) is 22.9 Å². The van der Waals surface area contributed by atoms with Crippen LogP contribution in [0.3, 0.4) is 0 Å². The molecular weight excluding hydrogens is 394 g/mol. The molecule has 0 saturated carbocycles. The maximum absolute atomic E-state index is 13.7. The topological polar surface area (TPSA) is 89.3 Å². The zero-order chi connectivity index (χ0) is 18.9. The lowest BCUT2D eigenvalue weighted by Crippen LogP contribution is -2.10. The fourth-order valence-corrected chi connectivity index (χ4v) is 3.38. The predicted molar refractivity (Wildman–Crippen MR) is 94.7 cm³/mol. The van der Waals surface area contributed by atoms with Crippen molar-refractivity contribution in [2.24, 2.45) is 0 Å². The van der Waals surface area contributed by atoms with E-state index in [1.165, 1.54) is 18.2 Å². The Morgan fingerprint density at radius 1 is 1.20 bits per heavy atom. The molecule has 2 aromatic rings. The number of sulfone groups is 1. The Labute approximate surface area is 153 Å². The standard InChI is InChI=1S/C15H13Cl2FN2O4S/c1-8(10-6-13(18)12(17)7-11(10)16)19-14-4-3-9(25(2,23)24)5-15(14)20(21)22/h3-8,19H,1-2H3/t8-/m0/s1. The Kier molecular flexibility index (Phi) is 5.55. The molecule has 0 unspecified atom stereocenters. The first-order valence-corrected chi connectivity index (χ1v) is 9.55. The number of hydrogen-bond donors (Lipinski definition) is 1. The summed E-state index contributed by atoms with van der Waals surface area (Å²) < 4.78 is 36.8. The first kappa shape index (κ1) is 19.4. The number of rotatable bonds is 5. The molecule has 0 heterocycles. The summed E-state index contributed by atoms with van der Waals surface area (Å²) in [6.45, 7) is 1.63. The van der Waals surface area contributed by atoms with Crippen LogP contribution in [0.5, 0.6) is 0 Å².